The number of benzene rings is 1. The van der Waals surface area contributed by atoms with E-state index in [0.29, 0.717) is 6.54 Å². The SMILES string of the molecule is COc1ccc(-c2csc(CCNC(=O)C3CCCCC3)n2)cc1. The standard InChI is InChI=1S/C19H24N2O2S/c1-23-16-9-7-14(8-10-16)17-13-24-18(21-17)11-12-20-19(22)15-5-3-2-4-6-15/h7-10,13,15H,2-6,11-12H2,1H3,(H,20,22). The molecule has 1 heterocycles. The molecule has 1 aliphatic rings. The van der Waals surface area contributed by atoms with Crippen molar-refractivity contribution >= 4 is 17.2 Å². The van der Waals surface area contributed by atoms with E-state index in [9.17, 15) is 4.79 Å². The fraction of sp³-hybridized carbons (Fsp3) is 0.474. The molecule has 1 amide bonds. The first-order valence-electron chi connectivity index (χ1n) is 8.63. The second-order valence-corrected chi connectivity index (χ2v) is 7.17. The Labute approximate surface area is 147 Å². The Morgan fingerprint density at radius 3 is 2.71 bits per heavy atom. The van der Waals surface area contributed by atoms with Crippen LogP contribution in [0, 0.1) is 5.92 Å². The van der Waals surface area contributed by atoms with Crippen LogP contribution in [0.5, 0.6) is 5.75 Å². The van der Waals surface area contributed by atoms with Crippen LogP contribution < -0.4 is 10.1 Å². The fourth-order valence-corrected chi connectivity index (χ4v) is 3.93. The highest BCUT2D eigenvalue weighted by Crippen LogP contribution is 2.25. The first-order valence-corrected chi connectivity index (χ1v) is 9.51. The molecule has 1 aromatic heterocycles. The van der Waals surface area contributed by atoms with Gasteiger partial charge in [0.25, 0.3) is 0 Å². The normalized spacial score (nSPS) is 15.2. The van der Waals surface area contributed by atoms with Crippen LogP contribution in [0.15, 0.2) is 29.6 Å². The number of aromatic nitrogens is 1. The number of nitrogens with zero attached hydrogens (tertiary/aromatic N) is 1. The molecule has 0 bridgehead atoms. The number of methoxy groups -OCH3 is 1. The zero-order valence-electron chi connectivity index (χ0n) is 14.1. The molecule has 0 saturated heterocycles. The van der Waals surface area contributed by atoms with Crippen LogP contribution in [-0.4, -0.2) is 24.5 Å². The molecule has 2 aromatic rings. The van der Waals surface area contributed by atoms with Crippen molar-refractivity contribution in [2.45, 2.75) is 38.5 Å². The number of carbonyl (C=O) groups excluding carboxylic acids is 1. The van der Waals surface area contributed by atoms with E-state index in [1.807, 2.05) is 24.3 Å². The summed E-state index contributed by atoms with van der Waals surface area (Å²) >= 11 is 1.65. The van der Waals surface area contributed by atoms with Gasteiger partial charge < -0.3 is 10.1 Å². The summed E-state index contributed by atoms with van der Waals surface area (Å²) in [5.74, 6) is 1.30. The van der Waals surface area contributed by atoms with Gasteiger partial charge in [-0.05, 0) is 37.1 Å². The summed E-state index contributed by atoms with van der Waals surface area (Å²) in [7, 11) is 1.66. The Hall–Kier alpha value is -1.88. The Bertz CT molecular complexity index is 660. The monoisotopic (exact) mass is 344 g/mol. The van der Waals surface area contributed by atoms with Crippen molar-refractivity contribution in [1.82, 2.24) is 10.3 Å². The molecule has 0 atom stereocenters. The van der Waals surface area contributed by atoms with Crippen molar-refractivity contribution in [2.75, 3.05) is 13.7 Å². The number of rotatable bonds is 6. The van der Waals surface area contributed by atoms with Gasteiger partial charge in [0.2, 0.25) is 5.91 Å². The average Bonchev–Trinajstić information content (AvgIpc) is 3.11. The van der Waals surface area contributed by atoms with Gasteiger partial charge in [-0.3, -0.25) is 4.79 Å². The van der Waals surface area contributed by atoms with Crippen molar-refractivity contribution in [3.05, 3.63) is 34.7 Å². The molecule has 128 valence electrons. The first kappa shape index (κ1) is 17.0. The predicted octanol–water partition coefficient (Wildman–Crippen LogP) is 4.06. The minimum absolute atomic E-state index is 0.224. The average molecular weight is 344 g/mol. The molecule has 0 radical (unpaired) electrons. The summed E-state index contributed by atoms with van der Waals surface area (Å²) in [6, 6.07) is 7.92. The molecule has 3 rings (SSSR count). The Kier molecular flexibility index (Phi) is 5.86. The molecular formula is C19H24N2O2S. The van der Waals surface area contributed by atoms with Crippen LogP contribution in [-0.2, 0) is 11.2 Å². The van der Waals surface area contributed by atoms with Crippen LogP contribution in [0.4, 0.5) is 0 Å². The fourth-order valence-electron chi connectivity index (χ4n) is 3.12. The van der Waals surface area contributed by atoms with Gasteiger partial charge in [0.15, 0.2) is 0 Å². The molecule has 5 heteroatoms. The molecule has 0 spiro atoms. The lowest BCUT2D eigenvalue weighted by molar-refractivity contribution is -0.125. The summed E-state index contributed by atoms with van der Waals surface area (Å²) in [5, 5.41) is 6.21. The van der Waals surface area contributed by atoms with Crippen molar-refractivity contribution < 1.29 is 9.53 Å². The van der Waals surface area contributed by atoms with Crippen LogP contribution in [0.1, 0.15) is 37.1 Å². The van der Waals surface area contributed by atoms with E-state index >= 15 is 0 Å². The number of carbonyl (C=O) groups is 1. The maximum Gasteiger partial charge on any atom is 0.223 e. The van der Waals surface area contributed by atoms with E-state index in [4.69, 9.17) is 4.74 Å². The number of hydrogen-bond donors (Lipinski definition) is 1. The zero-order chi connectivity index (χ0) is 16.8. The zero-order valence-corrected chi connectivity index (χ0v) is 14.9. The first-order chi connectivity index (χ1) is 11.8. The maximum absolute atomic E-state index is 12.1. The Morgan fingerprint density at radius 1 is 1.25 bits per heavy atom. The lowest BCUT2D eigenvalue weighted by Crippen LogP contribution is -2.33. The van der Waals surface area contributed by atoms with Gasteiger partial charge in [-0.1, -0.05) is 19.3 Å². The van der Waals surface area contributed by atoms with Crippen molar-refractivity contribution in [3.8, 4) is 17.0 Å². The van der Waals surface area contributed by atoms with Gasteiger partial charge in [-0.25, -0.2) is 4.98 Å². The van der Waals surface area contributed by atoms with Gasteiger partial charge >= 0.3 is 0 Å². The van der Waals surface area contributed by atoms with Crippen molar-refractivity contribution in [2.24, 2.45) is 5.92 Å². The van der Waals surface area contributed by atoms with Crippen LogP contribution >= 0.6 is 11.3 Å². The van der Waals surface area contributed by atoms with E-state index in [2.05, 4.69) is 15.7 Å². The van der Waals surface area contributed by atoms with E-state index in [1.54, 1.807) is 18.4 Å². The summed E-state index contributed by atoms with van der Waals surface area (Å²) in [6.45, 7) is 0.672. The number of thiazole rings is 1. The summed E-state index contributed by atoms with van der Waals surface area (Å²) in [6.07, 6.45) is 6.54. The minimum Gasteiger partial charge on any atom is -0.497 e. The second kappa shape index (κ2) is 8.29. The Morgan fingerprint density at radius 2 is 2.00 bits per heavy atom. The third kappa shape index (κ3) is 4.35. The van der Waals surface area contributed by atoms with E-state index in [0.717, 1.165) is 41.3 Å². The predicted molar refractivity (Wildman–Crippen MR) is 97.4 cm³/mol. The number of hydrogen-bond acceptors (Lipinski definition) is 4. The van der Waals surface area contributed by atoms with Gasteiger partial charge in [0.1, 0.15) is 5.75 Å². The quantitative estimate of drug-likeness (QED) is 0.860. The topological polar surface area (TPSA) is 51.2 Å². The van der Waals surface area contributed by atoms with Crippen LogP contribution in [0.25, 0.3) is 11.3 Å². The molecule has 1 N–H and O–H groups in total. The van der Waals surface area contributed by atoms with E-state index in [-0.39, 0.29) is 11.8 Å². The second-order valence-electron chi connectivity index (χ2n) is 6.23. The van der Waals surface area contributed by atoms with Crippen LogP contribution in [0.2, 0.25) is 0 Å². The Balaban J connectivity index is 1.49. The summed E-state index contributed by atoms with van der Waals surface area (Å²) in [4.78, 5) is 16.8. The summed E-state index contributed by atoms with van der Waals surface area (Å²) < 4.78 is 5.18. The molecule has 1 saturated carbocycles. The third-order valence-electron chi connectivity index (χ3n) is 4.55. The number of nitrogens with one attached hydrogen (secondary N) is 1. The molecular weight excluding hydrogens is 320 g/mol. The smallest absolute Gasteiger partial charge is 0.223 e. The molecule has 0 aliphatic heterocycles. The van der Waals surface area contributed by atoms with Crippen molar-refractivity contribution in [1.29, 1.82) is 0 Å². The lowest BCUT2D eigenvalue weighted by atomic mass is 9.89. The highest BCUT2D eigenvalue weighted by molar-refractivity contribution is 7.09. The van der Waals surface area contributed by atoms with Gasteiger partial charge in [0, 0.05) is 29.8 Å². The van der Waals surface area contributed by atoms with Gasteiger partial charge in [-0.15, -0.1) is 11.3 Å². The molecule has 1 fully saturated rings. The maximum atomic E-state index is 12.1. The molecule has 0 unspecified atom stereocenters. The third-order valence-corrected chi connectivity index (χ3v) is 5.46. The lowest BCUT2D eigenvalue weighted by Gasteiger charge is -2.20. The van der Waals surface area contributed by atoms with Gasteiger partial charge in [-0.2, -0.15) is 0 Å². The minimum atomic E-state index is 0.224. The molecule has 1 aromatic carbocycles. The highest BCUT2D eigenvalue weighted by Gasteiger charge is 2.20. The van der Waals surface area contributed by atoms with E-state index in [1.165, 1.54) is 19.3 Å². The van der Waals surface area contributed by atoms with Crippen LogP contribution in [0.3, 0.4) is 0 Å². The summed E-state index contributed by atoms with van der Waals surface area (Å²) in [5.41, 5.74) is 2.07. The number of ether oxygens (including phenoxy) is 1. The highest BCUT2D eigenvalue weighted by atomic mass is 32.1. The van der Waals surface area contributed by atoms with E-state index < -0.39 is 0 Å². The van der Waals surface area contributed by atoms with Crippen molar-refractivity contribution in [3.63, 3.8) is 0 Å². The molecule has 24 heavy (non-hydrogen) atoms. The largest absolute Gasteiger partial charge is 0.497 e. The number of amides is 1. The van der Waals surface area contributed by atoms with Gasteiger partial charge in [0.05, 0.1) is 17.8 Å². The molecule has 4 nitrogen and oxygen atoms in total. The molecule has 1 aliphatic carbocycles.